The minimum Gasteiger partial charge on any atom is -0.480 e. The van der Waals surface area contributed by atoms with Crippen LogP contribution in [0.15, 0.2) is 0 Å². The van der Waals surface area contributed by atoms with E-state index in [0.717, 1.165) is 38.5 Å². The first-order valence-corrected chi connectivity index (χ1v) is 18.5. The average Bonchev–Trinajstić information content (AvgIpc) is 3.45. The Morgan fingerprint density at radius 1 is 0.524 bits per heavy atom. The highest BCUT2D eigenvalue weighted by atomic mass is 16.4. The van der Waals surface area contributed by atoms with Crippen molar-refractivity contribution < 1.29 is 19.5 Å². The Balaban J connectivity index is 2.22. The van der Waals surface area contributed by atoms with Gasteiger partial charge in [0.2, 0.25) is 0 Å². The average molecular weight is 592 g/mol. The maximum absolute atomic E-state index is 13.4. The number of carbonyl (C=O) groups is 3. The molecule has 0 amide bonds. The Morgan fingerprint density at radius 3 is 1.07 bits per heavy atom. The first kappa shape index (κ1) is 38.8. The Kier molecular flexibility index (Phi) is 24.2. The summed E-state index contributed by atoms with van der Waals surface area (Å²) < 4.78 is 0. The first-order valence-electron chi connectivity index (χ1n) is 18.5. The number of carboxylic acids is 1. The highest BCUT2D eigenvalue weighted by molar-refractivity contribution is 6.08. The smallest absolute Gasteiger partial charge is 0.320 e. The van der Waals surface area contributed by atoms with E-state index in [1.54, 1.807) is 0 Å². The van der Waals surface area contributed by atoms with Crippen LogP contribution in [0.3, 0.4) is 0 Å². The van der Waals surface area contributed by atoms with E-state index in [0.29, 0.717) is 12.8 Å². The van der Waals surface area contributed by atoms with Gasteiger partial charge in [0.05, 0.1) is 0 Å². The van der Waals surface area contributed by atoms with Crippen LogP contribution < -0.4 is 5.32 Å². The van der Waals surface area contributed by atoms with E-state index >= 15 is 0 Å². The number of carboxylic acid groups (broad SMARTS) is 1. The summed E-state index contributed by atoms with van der Waals surface area (Å²) in [4.78, 5) is 38.3. The molecule has 0 bridgehead atoms. The Hall–Kier alpha value is -1.23. The molecule has 2 N–H and O–H groups in total. The predicted molar refractivity (Wildman–Crippen MR) is 177 cm³/mol. The van der Waals surface area contributed by atoms with Crippen molar-refractivity contribution in [2.45, 2.75) is 206 Å². The second-order valence-corrected chi connectivity index (χ2v) is 13.4. The summed E-state index contributed by atoms with van der Waals surface area (Å²) in [6, 6.07) is -0.795. The predicted octanol–water partition coefficient (Wildman–Crippen LogP) is 10.5. The lowest BCUT2D eigenvalue weighted by Gasteiger charge is -2.25. The van der Waals surface area contributed by atoms with E-state index in [2.05, 4.69) is 19.2 Å². The van der Waals surface area contributed by atoms with Crippen molar-refractivity contribution in [2.24, 2.45) is 5.41 Å². The van der Waals surface area contributed by atoms with Gasteiger partial charge in [-0.15, -0.1) is 0 Å². The standard InChI is InChI=1S/C37H69NO4/c1-3-5-7-9-11-13-15-17-19-21-23-25-27-29-34(39)37(31-33(36(41)42)38-32-37)35(40)30-28-26-24-22-20-18-16-14-12-10-8-6-4-2/h33,38H,3-32H2,1-2H3,(H,41,42)/t33-/m0/s1. The third kappa shape index (κ3) is 17.8. The number of nitrogens with one attached hydrogen (secondary N) is 1. The molecule has 1 aliphatic heterocycles. The van der Waals surface area contributed by atoms with E-state index in [9.17, 15) is 19.5 Å². The van der Waals surface area contributed by atoms with Crippen molar-refractivity contribution >= 4 is 17.5 Å². The summed E-state index contributed by atoms with van der Waals surface area (Å²) in [7, 11) is 0. The highest BCUT2D eigenvalue weighted by Gasteiger charge is 2.51. The third-order valence-electron chi connectivity index (χ3n) is 9.58. The minimum absolute atomic E-state index is 0.0264. The number of carbonyl (C=O) groups excluding carboxylic acids is 2. The van der Waals surface area contributed by atoms with Gasteiger partial charge in [0, 0.05) is 19.4 Å². The van der Waals surface area contributed by atoms with Gasteiger partial charge in [-0.05, 0) is 19.3 Å². The van der Waals surface area contributed by atoms with Crippen LogP contribution >= 0.6 is 0 Å². The number of aliphatic carboxylic acids is 1. The van der Waals surface area contributed by atoms with Crippen LogP contribution in [0.5, 0.6) is 0 Å². The molecule has 0 saturated carbocycles. The van der Waals surface area contributed by atoms with E-state index in [-0.39, 0.29) is 24.5 Å². The van der Waals surface area contributed by atoms with Crippen molar-refractivity contribution in [3.05, 3.63) is 0 Å². The Morgan fingerprint density at radius 2 is 0.810 bits per heavy atom. The van der Waals surface area contributed by atoms with Crippen LogP contribution in [0.2, 0.25) is 0 Å². The minimum atomic E-state index is -1.13. The molecular weight excluding hydrogens is 522 g/mol. The lowest BCUT2D eigenvalue weighted by atomic mass is 9.74. The number of unbranched alkanes of at least 4 members (excludes halogenated alkanes) is 24. The quantitative estimate of drug-likeness (QED) is 0.0619. The summed E-state index contributed by atoms with van der Waals surface area (Å²) in [6.07, 6.45) is 33.5. The summed E-state index contributed by atoms with van der Waals surface area (Å²) >= 11 is 0. The molecule has 1 aliphatic rings. The molecule has 5 nitrogen and oxygen atoms in total. The number of hydrogen-bond acceptors (Lipinski definition) is 4. The normalized spacial score (nSPS) is 16.2. The second-order valence-electron chi connectivity index (χ2n) is 13.4. The fourth-order valence-corrected chi connectivity index (χ4v) is 6.63. The summed E-state index contributed by atoms with van der Waals surface area (Å²) in [5.74, 6) is -1.01. The van der Waals surface area contributed by atoms with E-state index in [1.807, 2.05) is 0 Å². The van der Waals surface area contributed by atoms with Crippen LogP contribution in [0, 0.1) is 5.41 Å². The number of rotatable bonds is 31. The van der Waals surface area contributed by atoms with Gasteiger partial charge in [-0.2, -0.15) is 0 Å². The molecular formula is C37H69NO4. The SMILES string of the molecule is CCCCCCCCCCCCCCCC(=O)C1(C(=O)CCCCCCCCCCCCCCC)CN[C@H](C(=O)O)C1. The number of hydrogen-bond donors (Lipinski definition) is 2. The van der Waals surface area contributed by atoms with Gasteiger partial charge in [0.1, 0.15) is 23.0 Å². The molecule has 1 atom stereocenters. The van der Waals surface area contributed by atoms with Crippen molar-refractivity contribution in [3.8, 4) is 0 Å². The van der Waals surface area contributed by atoms with Crippen LogP contribution in [-0.2, 0) is 14.4 Å². The van der Waals surface area contributed by atoms with Gasteiger partial charge in [0.15, 0.2) is 0 Å². The molecule has 1 saturated heterocycles. The van der Waals surface area contributed by atoms with Crippen molar-refractivity contribution in [1.82, 2.24) is 5.32 Å². The van der Waals surface area contributed by atoms with Crippen LogP contribution in [0.25, 0.3) is 0 Å². The zero-order chi connectivity index (χ0) is 30.7. The molecule has 246 valence electrons. The molecule has 42 heavy (non-hydrogen) atoms. The van der Waals surface area contributed by atoms with E-state index in [4.69, 9.17) is 0 Å². The lowest BCUT2D eigenvalue weighted by Crippen LogP contribution is -2.41. The molecule has 0 unspecified atom stereocenters. The van der Waals surface area contributed by atoms with Gasteiger partial charge in [-0.1, -0.05) is 168 Å². The van der Waals surface area contributed by atoms with Crippen molar-refractivity contribution in [1.29, 1.82) is 0 Å². The maximum Gasteiger partial charge on any atom is 0.320 e. The highest BCUT2D eigenvalue weighted by Crippen LogP contribution is 2.35. The van der Waals surface area contributed by atoms with Crippen LogP contribution in [0.1, 0.15) is 200 Å². The fraction of sp³-hybridized carbons (Fsp3) is 0.919. The molecule has 1 heterocycles. The van der Waals surface area contributed by atoms with Gasteiger partial charge in [-0.3, -0.25) is 14.4 Å². The Bertz CT molecular complexity index is 649. The first-order chi connectivity index (χ1) is 20.5. The molecule has 0 aromatic carbocycles. The van der Waals surface area contributed by atoms with Crippen LogP contribution in [-0.4, -0.2) is 35.2 Å². The van der Waals surface area contributed by atoms with Gasteiger partial charge in [0.25, 0.3) is 0 Å². The van der Waals surface area contributed by atoms with Gasteiger partial charge >= 0.3 is 5.97 Å². The monoisotopic (exact) mass is 592 g/mol. The Labute approximate surface area is 260 Å². The zero-order valence-electron chi connectivity index (χ0n) is 28.0. The summed E-state index contributed by atoms with van der Waals surface area (Å²) in [5, 5.41) is 12.5. The lowest BCUT2D eigenvalue weighted by molar-refractivity contribution is -0.141. The summed E-state index contributed by atoms with van der Waals surface area (Å²) in [6.45, 7) is 4.71. The van der Waals surface area contributed by atoms with Gasteiger partial charge in [-0.25, -0.2) is 0 Å². The zero-order valence-corrected chi connectivity index (χ0v) is 28.0. The van der Waals surface area contributed by atoms with Crippen molar-refractivity contribution in [2.75, 3.05) is 6.54 Å². The molecule has 0 spiro atoms. The molecule has 0 aromatic rings. The molecule has 0 radical (unpaired) electrons. The molecule has 0 aromatic heterocycles. The fourth-order valence-electron chi connectivity index (χ4n) is 6.63. The molecule has 1 rings (SSSR count). The van der Waals surface area contributed by atoms with Crippen LogP contribution in [0.4, 0.5) is 0 Å². The summed E-state index contributed by atoms with van der Waals surface area (Å²) in [5.41, 5.74) is -1.13. The third-order valence-corrected chi connectivity index (χ3v) is 9.58. The number of ketones is 2. The molecule has 1 fully saturated rings. The van der Waals surface area contributed by atoms with Crippen molar-refractivity contribution in [3.63, 3.8) is 0 Å². The van der Waals surface area contributed by atoms with E-state index < -0.39 is 17.4 Å². The topological polar surface area (TPSA) is 83.5 Å². The van der Waals surface area contributed by atoms with E-state index in [1.165, 1.54) is 128 Å². The molecule has 5 heteroatoms. The maximum atomic E-state index is 13.4. The molecule has 0 aliphatic carbocycles. The van der Waals surface area contributed by atoms with Gasteiger partial charge < -0.3 is 10.4 Å². The number of Topliss-reactive ketones (excluding diaryl/α,β-unsaturated/α-hetero) is 2. The largest absolute Gasteiger partial charge is 0.480 e. The second kappa shape index (κ2) is 26.2.